The van der Waals surface area contributed by atoms with Crippen LogP contribution in [0.25, 0.3) is 39.6 Å². The summed E-state index contributed by atoms with van der Waals surface area (Å²) in [5.41, 5.74) is 11.3. The number of hydrogen-bond donors (Lipinski definition) is 0. The molecule has 0 aliphatic heterocycles. The lowest BCUT2D eigenvalue weighted by molar-refractivity contribution is 0.402. The molecule has 5 heterocycles. The van der Waals surface area contributed by atoms with Gasteiger partial charge in [-0.1, -0.05) is 35.4 Å². The van der Waals surface area contributed by atoms with Crippen LogP contribution in [0.2, 0.25) is 0 Å². The van der Waals surface area contributed by atoms with Crippen LogP contribution in [0.1, 0.15) is 28.1 Å². The Morgan fingerprint density at radius 3 is 2.29 bits per heavy atom. The topological polar surface area (TPSA) is 93.4 Å². The van der Waals surface area contributed by atoms with Crippen LogP contribution in [-0.4, -0.2) is 60.4 Å². The number of aromatic nitrogens is 7. The predicted molar refractivity (Wildman–Crippen MR) is 164 cm³/mol. The molecule has 214 valence electrons. The van der Waals surface area contributed by atoms with Crippen LogP contribution in [0.5, 0.6) is 0 Å². The second-order valence-electron chi connectivity index (χ2n) is 11.1. The molecule has 6 rings (SSSR count). The van der Waals surface area contributed by atoms with Gasteiger partial charge in [-0.2, -0.15) is 5.10 Å². The first-order valence-corrected chi connectivity index (χ1v) is 13.9. The van der Waals surface area contributed by atoms with Crippen LogP contribution in [0.4, 0.5) is 6.01 Å². The molecule has 0 spiro atoms. The van der Waals surface area contributed by atoms with Crippen LogP contribution in [-0.2, 0) is 20.1 Å². The van der Waals surface area contributed by atoms with Crippen LogP contribution in [0.3, 0.4) is 0 Å². The van der Waals surface area contributed by atoms with Crippen molar-refractivity contribution in [3.05, 3.63) is 89.1 Å². The number of anilines is 1. The molecule has 0 aliphatic carbocycles. The second kappa shape index (κ2) is 10.9. The van der Waals surface area contributed by atoms with Crippen molar-refractivity contribution in [3.8, 4) is 34.0 Å². The van der Waals surface area contributed by atoms with Crippen LogP contribution in [0, 0.1) is 20.8 Å². The second-order valence-corrected chi connectivity index (χ2v) is 11.1. The summed E-state index contributed by atoms with van der Waals surface area (Å²) in [6.07, 6.45) is 5.89. The van der Waals surface area contributed by atoms with E-state index in [-0.39, 0.29) is 0 Å². The summed E-state index contributed by atoms with van der Waals surface area (Å²) in [6, 6.07) is 15.3. The zero-order chi connectivity index (χ0) is 29.5. The number of pyridine rings is 2. The van der Waals surface area contributed by atoms with E-state index < -0.39 is 0 Å². The van der Waals surface area contributed by atoms with E-state index in [2.05, 4.69) is 93.2 Å². The highest BCUT2D eigenvalue weighted by Crippen LogP contribution is 2.31. The first-order valence-electron chi connectivity index (χ1n) is 13.9. The molecule has 0 bridgehead atoms. The van der Waals surface area contributed by atoms with Gasteiger partial charge in [0.15, 0.2) is 0 Å². The molecule has 0 amide bonds. The summed E-state index contributed by atoms with van der Waals surface area (Å²) in [7, 11) is 8.05. The first-order chi connectivity index (χ1) is 20.2. The van der Waals surface area contributed by atoms with Gasteiger partial charge in [-0.25, -0.2) is 4.98 Å². The Hall–Kier alpha value is -4.83. The van der Waals surface area contributed by atoms with E-state index in [1.807, 2.05) is 56.0 Å². The smallest absolute Gasteiger partial charge is 0.318 e. The van der Waals surface area contributed by atoms with Gasteiger partial charge in [0.05, 0.1) is 17.6 Å². The summed E-state index contributed by atoms with van der Waals surface area (Å²) < 4.78 is 10.1. The molecule has 6 aromatic rings. The molecule has 1 aromatic carbocycles. The molecule has 0 N–H and O–H groups in total. The number of fused-ring (bicyclic) bond motifs is 1. The van der Waals surface area contributed by atoms with E-state index in [1.54, 1.807) is 0 Å². The van der Waals surface area contributed by atoms with Gasteiger partial charge in [-0.3, -0.25) is 14.1 Å². The lowest BCUT2D eigenvalue weighted by Crippen LogP contribution is -2.17. The van der Waals surface area contributed by atoms with E-state index >= 15 is 0 Å². The van der Waals surface area contributed by atoms with Crippen molar-refractivity contribution in [2.45, 2.75) is 33.9 Å². The molecule has 0 unspecified atom stereocenters. The normalized spacial score (nSPS) is 11.6. The van der Waals surface area contributed by atoms with Gasteiger partial charge in [0.1, 0.15) is 11.3 Å². The quantitative estimate of drug-likeness (QED) is 0.242. The maximum atomic E-state index is 6.09. The number of benzene rings is 1. The van der Waals surface area contributed by atoms with Crippen LogP contribution in [0.15, 0.2) is 65.5 Å². The van der Waals surface area contributed by atoms with Gasteiger partial charge in [0.25, 0.3) is 5.89 Å². The summed E-state index contributed by atoms with van der Waals surface area (Å²) >= 11 is 0. The Morgan fingerprint density at radius 1 is 0.833 bits per heavy atom. The lowest BCUT2D eigenvalue weighted by atomic mass is 10.0. The predicted octanol–water partition coefficient (Wildman–Crippen LogP) is 5.47. The van der Waals surface area contributed by atoms with E-state index in [0.29, 0.717) is 24.1 Å². The highest BCUT2D eigenvalue weighted by atomic mass is 16.4. The Morgan fingerprint density at radius 2 is 1.60 bits per heavy atom. The number of rotatable bonds is 8. The highest BCUT2D eigenvalue weighted by molar-refractivity contribution is 5.71. The Bertz CT molecular complexity index is 1880. The van der Waals surface area contributed by atoms with Crippen molar-refractivity contribution in [1.29, 1.82) is 0 Å². The minimum atomic E-state index is 0.394. The SMILES string of the molecule is Cc1cc(-c2c(C)nn(C)c2C)cnc1-c1nnc(N(C)Cc2ccc3ncc(-c4ccc(CN(C)C)cc4)n3c2)o1. The number of aryl methyl sites for hydroxylation is 3. The van der Waals surface area contributed by atoms with Crippen molar-refractivity contribution in [2.24, 2.45) is 7.05 Å². The summed E-state index contributed by atoms with van der Waals surface area (Å²) in [5, 5.41) is 13.2. The first kappa shape index (κ1) is 27.3. The van der Waals surface area contributed by atoms with Gasteiger partial charge in [-0.15, -0.1) is 5.10 Å². The van der Waals surface area contributed by atoms with Gasteiger partial charge < -0.3 is 14.2 Å². The fraction of sp³-hybridized carbons (Fsp3) is 0.281. The van der Waals surface area contributed by atoms with Crippen molar-refractivity contribution in [2.75, 3.05) is 26.0 Å². The maximum absolute atomic E-state index is 6.09. The lowest BCUT2D eigenvalue weighted by Gasteiger charge is -2.14. The highest BCUT2D eigenvalue weighted by Gasteiger charge is 2.19. The Labute approximate surface area is 245 Å². The summed E-state index contributed by atoms with van der Waals surface area (Å²) in [4.78, 5) is 13.4. The summed E-state index contributed by atoms with van der Waals surface area (Å²) in [5.74, 6) is 0.394. The molecule has 0 radical (unpaired) electrons. The minimum Gasteiger partial charge on any atom is -0.402 e. The van der Waals surface area contributed by atoms with Crippen molar-refractivity contribution >= 4 is 11.7 Å². The molecular formula is C32H35N9O. The van der Waals surface area contributed by atoms with Crippen molar-refractivity contribution < 1.29 is 4.42 Å². The largest absolute Gasteiger partial charge is 0.402 e. The van der Waals surface area contributed by atoms with Crippen molar-refractivity contribution in [3.63, 3.8) is 0 Å². The average Bonchev–Trinajstić information content (AvgIpc) is 3.66. The van der Waals surface area contributed by atoms with E-state index in [1.165, 1.54) is 5.56 Å². The number of hydrogen-bond acceptors (Lipinski definition) is 8. The average molecular weight is 562 g/mol. The molecule has 0 saturated heterocycles. The fourth-order valence-electron chi connectivity index (χ4n) is 5.41. The molecule has 10 heteroatoms. The molecule has 5 aromatic heterocycles. The van der Waals surface area contributed by atoms with Crippen LogP contribution < -0.4 is 4.90 Å². The van der Waals surface area contributed by atoms with Gasteiger partial charge in [0.2, 0.25) is 0 Å². The Kier molecular flexibility index (Phi) is 7.07. The zero-order valence-corrected chi connectivity index (χ0v) is 25.1. The van der Waals surface area contributed by atoms with E-state index in [4.69, 9.17) is 9.40 Å². The molecule has 0 saturated carbocycles. The number of nitrogens with zero attached hydrogens (tertiary/aromatic N) is 9. The van der Waals surface area contributed by atoms with E-state index in [9.17, 15) is 0 Å². The van der Waals surface area contributed by atoms with Gasteiger partial charge in [0, 0.05) is 62.0 Å². The fourth-order valence-corrected chi connectivity index (χ4v) is 5.41. The monoisotopic (exact) mass is 561 g/mol. The van der Waals surface area contributed by atoms with Crippen LogP contribution >= 0.6 is 0 Å². The molecule has 0 atom stereocenters. The third kappa shape index (κ3) is 5.16. The molecular weight excluding hydrogens is 526 g/mol. The summed E-state index contributed by atoms with van der Waals surface area (Å²) in [6.45, 7) is 7.58. The van der Waals surface area contributed by atoms with Crippen molar-refractivity contribution in [1.82, 2.24) is 39.2 Å². The van der Waals surface area contributed by atoms with Gasteiger partial charge >= 0.3 is 6.01 Å². The standard InChI is InChI=1S/C32H35N9O/c1-20-14-26(29-21(2)37-40(7)22(29)3)15-34-30(20)31-35-36-32(42-31)39(6)18-24-10-13-28-33-16-27(41(28)19-24)25-11-8-23(9-12-25)17-38(4)5/h8-16,19H,17-18H2,1-7H3. The molecule has 0 fully saturated rings. The zero-order valence-electron chi connectivity index (χ0n) is 25.1. The third-order valence-electron chi connectivity index (χ3n) is 7.55. The third-order valence-corrected chi connectivity index (χ3v) is 7.55. The van der Waals surface area contributed by atoms with Gasteiger partial charge in [-0.05, 0) is 63.7 Å². The minimum absolute atomic E-state index is 0.394. The number of imidazole rings is 1. The Balaban J connectivity index is 1.21. The van der Waals surface area contributed by atoms with E-state index in [0.717, 1.165) is 57.1 Å². The molecule has 42 heavy (non-hydrogen) atoms. The molecule has 10 nitrogen and oxygen atoms in total. The molecule has 0 aliphatic rings. The maximum Gasteiger partial charge on any atom is 0.318 e.